The lowest BCUT2D eigenvalue weighted by Gasteiger charge is -2.21. The molecule has 0 radical (unpaired) electrons. The summed E-state index contributed by atoms with van der Waals surface area (Å²) in [6.45, 7) is 6.16. The summed E-state index contributed by atoms with van der Waals surface area (Å²) in [6.07, 6.45) is 8.41. The van der Waals surface area contributed by atoms with Crippen LogP contribution in [0.3, 0.4) is 0 Å². The molecule has 0 heterocycles. The Morgan fingerprint density at radius 3 is 2.60 bits per heavy atom. The Kier molecular flexibility index (Phi) is 5.44. The number of carbonyl (C=O) groups excluding carboxylic acids is 1. The molecule has 0 aliphatic heterocycles. The molecule has 0 aromatic rings. The smallest absolute Gasteiger partial charge is 0.333 e. The van der Waals surface area contributed by atoms with Gasteiger partial charge in [0.15, 0.2) is 0 Å². The fourth-order valence-electron chi connectivity index (χ4n) is 2.04. The summed E-state index contributed by atoms with van der Waals surface area (Å²) in [6, 6.07) is 0. The van der Waals surface area contributed by atoms with Crippen LogP contribution in [0.2, 0.25) is 0 Å². The SMILES string of the molecule is C=C(CC)C(=O)OCCC1CCCCC1. The van der Waals surface area contributed by atoms with Gasteiger partial charge in [0, 0.05) is 5.57 Å². The highest BCUT2D eigenvalue weighted by atomic mass is 16.5. The molecule has 1 aliphatic carbocycles. The van der Waals surface area contributed by atoms with Crippen LogP contribution < -0.4 is 0 Å². The van der Waals surface area contributed by atoms with Gasteiger partial charge in [0.05, 0.1) is 6.61 Å². The van der Waals surface area contributed by atoms with E-state index >= 15 is 0 Å². The van der Waals surface area contributed by atoms with Crippen molar-refractivity contribution < 1.29 is 9.53 Å². The molecular weight excluding hydrogens is 188 g/mol. The van der Waals surface area contributed by atoms with Crippen molar-refractivity contribution in [2.45, 2.75) is 51.9 Å². The van der Waals surface area contributed by atoms with Gasteiger partial charge >= 0.3 is 5.97 Å². The van der Waals surface area contributed by atoms with Gasteiger partial charge in [0.25, 0.3) is 0 Å². The Bertz CT molecular complexity index is 215. The Morgan fingerprint density at radius 1 is 1.33 bits per heavy atom. The normalized spacial score (nSPS) is 17.4. The van der Waals surface area contributed by atoms with Gasteiger partial charge in [-0.15, -0.1) is 0 Å². The summed E-state index contributed by atoms with van der Waals surface area (Å²) in [5, 5.41) is 0. The lowest BCUT2D eigenvalue weighted by Crippen LogP contribution is -2.13. The zero-order valence-corrected chi connectivity index (χ0v) is 9.76. The van der Waals surface area contributed by atoms with Crippen LogP contribution in [0.15, 0.2) is 12.2 Å². The first-order chi connectivity index (χ1) is 7.24. The van der Waals surface area contributed by atoms with Crippen molar-refractivity contribution in [3.8, 4) is 0 Å². The second-order valence-electron chi connectivity index (χ2n) is 4.39. The molecule has 0 bridgehead atoms. The van der Waals surface area contributed by atoms with Gasteiger partial charge in [-0.25, -0.2) is 4.79 Å². The molecule has 0 unspecified atom stereocenters. The van der Waals surface area contributed by atoms with Crippen LogP contribution in [0.4, 0.5) is 0 Å². The molecule has 1 saturated carbocycles. The zero-order valence-electron chi connectivity index (χ0n) is 9.76. The predicted octanol–water partition coefficient (Wildman–Crippen LogP) is 3.47. The number of rotatable bonds is 5. The first-order valence-corrected chi connectivity index (χ1v) is 6.09. The van der Waals surface area contributed by atoms with Crippen molar-refractivity contribution in [3.63, 3.8) is 0 Å². The quantitative estimate of drug-likeness (QED) is 0.513. The van der Waals surface area contributed by atoms with Gasteiger partial charge < -0.3 is 4.74 Å². The summed E-state index contributed by atoms with van der Waals surface area (Å²) >= 11 is 0. The second kappa shape index (κ2) is 6.65. The first-order valence-electron chi connectivity index (χ1n) is 6.09. The molecule has 15 heavy (non-hydrogen) atoms. The molecule has 86 valence electrons. The van der Waals surface area contributed by atoms with Crippen LogP contribution >= 0.6 is 0 Å². The van der Waals surface area contributed by atoms with E-state index in [0.29, 0.717) is 18.6 Å². The average Bonchev–Trinajstić information content (AvgIpc) is 2.29. The van der Waals surface area contributed by atoms with Gasteiger partial charge in [-0.1, -0.05) is 45.6 Å². The van der Waals surface area contributed by atoms with Crippen LogP contribution in [-0.4, -0.2) is 12.6 Å². The van der Waals surface area contributed by atoms with E-state index in [9.17, 15) is 4.79 Å². The van der Waals surface area contributed by atoms with Crippen molar-refractivity contribution in [2.75, 3.05) is 6.61 Å². The third-order valence-electron chi connectivity index (χ3n) is 3.20. The number of esters is 1. The van der Waals surface area contributed by atoms with Gasteiger partial charge in [-0.2, -0.15) is 0 Å². The molecule has 0 atom stereocenters. The van der Waals surface area contributed by atoms with Crippen molar-refractivity contribution in [2.24, 2.45) is 5.92 Å². The monoisotopic (exact) mass is 210 g/mol. The van der Waals surface area contributed by atoms with Gasteiger partial charge in [0.2, 0.25) is 0 Å². The Labute approximate surface area is 92.7 Å². The molecule has 2 nitrogen and oxygen atoms in total. The van der Waals surface area contributed by atoms with Gasteiger partial charge in [0.1, 0.15) is 0 Å². The Balaban J connectivity index is 2.09. The highest BCUT2D eigenvalue weighted by Crippen LogP contribution is 2.26. The van der Waals surface area contributed by atoms with Crippen molar-refractivity contribution in [1.82, 2.24) is 0 Å². The molecule has 1 rings (SSSR count). The van der Waals surface area contributed by atoms with E-state index in [2.05, 4.69) is 6.58 Å². The van der Waals surface area contributed by atoms with Crippen LogP contribution in [0.5, 0.6) is 0 Å². The molecule has 1 fully saturated rings. The maximum atomic E-state index is 11.3. The van der Waals surface area contributed by atoms with Gasteiger partial charge in [-0.05, 0) is 18.8 Å². The maximum absolute atomic E-state index is 11.3. The maximum Gasteiger partial charge on any atom is 0.333 e. The minimum absolute atomic E-state index is 0.215. The molecule has 2 heteroatoms. The van der Waals surface area contributed by atoms with Gasteiger partial charge in [-0.3, -0.25) is 0 Å². The molecule has 0 N–H and O–H groups in total. The van der Waals surface area contributed by atoms with E-state index in [1.807, 2.05) is 6.92 Å². The van der Waals surface area contributed by atoms with E-state index in [1.54, 1.807) is 0 Å². The van der Waals surface area contributed by atoms with Crippen molar-refractivity contribution in [1.29, 1.82) is 0 Å². The molecule has 0 amide bonds. The average molecular weight is 210 g/mol. The second-order valence-corrected chi connectivity index (χ2v) is 4.39. The topological polar surface area (TPSA) is 26.3 Å². The highest BCUT2D eigenvalue weighted by molar-refractivity contribution is 5.87. The third kappa shape index (κ3) is 4.50. The van der Waals surface area contributed by atoms with E-state index in [4.69, 9.17) is 4.74 Å². The predicted molar refractivity (Wildman–Crippen MR) is 61.6 cm³/mol. The van der Waals surface area contributed by atoms with E-state index in [1.165, 1.54) is 32.1 Å². The molecule has 0 aromatic carbocycles. The lowest BCUT2D eigenvalue weighted by atomic mass is 9.87. The standard InChI is InChI=1S/C13H22O2/c1-3-11(2)13(14)15-10-9-12-7-5-4-6-8-12/h12H,2-10H2,1H3. The lowest BCUT2D eigenvalue weighted by molar-refractivity contribution is -0.139. The number of ether oxygens (including phenoxy) is 1. The van der Waals surface area contributed by atoms with Crippen LogP contribution in [-0.2, 0) is 9.53 Å². The minimum atomic E-state index is -0.215. The summed E-state index contributed by atoms with van der Waals surface area (Å²) in [7, 11) is 0. The molecule has 0 spiro atoms. The Morgan fingerprint density at radius 2 is 2.00 bits per heavy atom. The van der Waals surface area contributed by atoms with Crippen molar-refractivity contribution >= 4 is 5.97 Å². The zero-order chi connectivity index (χ0) is 11.1. The fraction of sp³-hybridized carbons (Fsp3) is 0.769. The first kappa shape index (κ1) is 12.3. The summed E-state index contributed by atoms with van der Waals surface area (Å²) < 4.78 is 5.16. The minimum Gasteiger partial charge on any atom is -0.462 e. The van der Waals surface area contributed by atoms with E-state index < -0.39 is 0 Å². The molecular formula is C13H22O2. The summed E-state index contributed by atoms with van der Waals surface area (Å²) in [4.78, 5) is 11.3. The highest BCUT2D eigenvalue weighted by Gasteiger charge is 2.14. The number of hydrogen-bond acceptors (Lipinski definition) is 2. The fourth-order valence-corrected chi connectivity index (χ4v) is 2.04. The van der Waals surface area contributed by atoms with Crippen LogP contribution in [0.1, 0.15) is 51.9 Å². The number of hydrogen-bond donors (Lipinski definition) is 0. The molecule has 1 aliphatic rings. The Hall–Kier alpha value is -0.790. The van der Waals surface area contributed by atoms with E-state index in [0.717, 1.165) is 12.3 Å². The summed E-state index contributed by atoms with van der Waals surface area (Å²) in [5.74, 6) is 0.565. The summed E-state index contributed by atoms with van der Waals surface area (Å²) in [5.41, 5.74) is 0.582. The molecule has 0 saturated heterocycles. The molecule has 0 aromatic heterocycles. The van der Waals surface area contributed by atoms with Crippen LogP contribution in [0, 0.1) is 5.92 Å². The number of carbonyl (C=O) groups is 1. The van der Waals surface area contributed by atoms with Crippen LogP contribution in [0.25, 0.3) is 0 Å². The van der Waals surface area contributed by atoms with E-state index in [-0.39, 0.29) is 5.97 Å². The largest absolute Gasteiger partial charge is 0.462 e. The van der Waals surface area contributed by atoms with Crippen molar-refractivity contribution in [3.05, 3.63) is 12.2 Å². The third-order valence-corrected chi connectivity index (χ3v) is 3.20.